The van der Waals surface area contributed by atoms with Gasteiger partial charge in [0.1, 0.15) is 0 Å². The minimum Gasteiger partial charge on any atom is -0.396 e. The van der Waals surface area contributed by atoms with E-state index in [1.165, 1.54) is 0 Å². The van der Waals surface area contributed by atoms with E-state index in [2.05, 4.69) is 34.3 Å². The fraction of sp³-hybridized carbons (Fsp3) is 0.818. The number of allylic oxidation sites excluding steroid dienone is 1. The van der Waals surface area contributed by atoms with Gasteiger partial charge in [-0.05, 0) is 23.7 Å². The van der Waals surface area contributed by atoms with E-state index in [1.807, 2.05) is 6.08 Å². The molecule has 1 atom stereocenters. The van der Waals surface area contributed by atoms with Crippen LogP contribution in [0.15, 0.2) is 12.7 Å². The normalized spacial score (nSPS) is 17.1. The van der Waals surface area contributed by atoms with E-state index < -0.39 is 0 Å². The number of hydrogen-bond donors (Lipinski definition) is 1. The Hall–Kier alpha value is -0.300. The van der Waals surface area contributed by atoms with Crippen molar-refractivity contribution in [2.24, 2.45) is 10.8 Å². The molecule has 0 bridgehead atoms. The highest BCUT2D eigenvalue weighted by Crippen LogP contribution is 2.36. The van der Waals surface area contributed by atoms with Gasteiger partial charge in [0.2, 0.25) is 0 Å². The molecule has 0 saturated heterocycles. The molecule has 1 unspecified atom stereocenters. The topological polar surface area (TPSA) is 20.2 Å². The average molecular weight is 170 g/mol. The molecule has 0 aliphatic carbocycles. The van der Waals surface area contributed by atoms with Crippen LogP contribution >= 0.6 is 0 Å². The Morgan fingerprint density at radius 3 is 2.08 bits per heavy atom. The van der Waals surface area contributed by atoms with Crippen LogP contribution < -0.4 is 0 Å². The zero-order valence-electron chi connectivity index (χ0n) is 8.85. The fourth-order valence-electron chi connectivity index (χ4n) is 1.49. The van der Waals surface area contributed by atoms with E-state index >= 15 is 0 Å². The standard InChI is InChI=1S/C11H22O/c1-6-11(5,7-2)8-10(3,4)9-12/h6,12H,1,7-9H2,2-5H3. The summed E-state index contributed by atoms with van der Waals surface area (Å²) in [6.07, 6.45) is 4.08. The third-order valence-corrected chi connectivity index (χ3v) is 2.61. The van der Waals surface area contributed by atoms with Crippen LogP contribution in [0.1, 0.15) is 40.5 Å². The van der Waals surface area contributed by atoms with Crippen molar-refractivity contribution < 1.29 is 5.11 Å². The Balaban J connectivity index is 4.29. The third-order valence-electron chi connectivity index (χ3n) is 2.61. The molecule has 0 amide bonds. The zero-order valence-corrected chi connectivity index (χ0v) is 8.85. The van der Waals surface area contributed by atoms with Crippen molar-refractivity contribution in [1.29, 1.82) is 0 Å². The summed E-state index contributed by atoms with van der Waals surface area (Å²) in [5.74, 6) is 0. The van der Waals surface area contributed by atoms with Gasteiger partial charge in [0.05, 0.1) is 0 Å². The summed E-state index contributed by atoms with van der Waals surface area (Å²) in [6.45, 7) is 12.6. The molecular weight excluding hydrogens is 148 g/mol. The maximum Gasteiger partial charge on any atom is 0.0482 e. The zero-order chi connectivity index (χ0) is 9.83. The molecule has 0 heterocycles. The first kappa shape index (κ1) is 11.7. The highest BCUT2D eigenvalue weighted by atomic mass is 16.3. The van der Waals surface area contributed by atoms with Crippen molar-refractivity contribution in [2.45, 2.75) is 40.5 Å². The Morgan fingerprint density at radius 1 is 1.33 bits per heavy atom. The fourth-order valence-corrected chi connectivity index (χ4v) is 1.49. The molecular formula is C11H22O. The highest BCUT2D eigenvalue weighted by molar-refractivity contribution is 4.93. The second kappa shape index (κ2) is 4.08. The van der Waals surface area contributed by atoms with Crippen LogP contribution in [-0.2, 0) is 0 Å². The summed E-state index contributed by atoms with van der Waals surface area (Å²) in [4.78, 5) is 0. The lowest BCUT2D eigenvalue weighted by Crippen LogP contribution is -2.26. The number of rotatable bonds is 5. The first-order valence-electron chi connectivity index (χ1n) is 4.63. The third kappa shape index (κ3) is 3.40. The van der Waals surface area contributed by atoms with Gasteiger partial charge in [0.15, 0.2) is 0 Å². The van der Waals surface area contributed by atoms with Crippen molar-refractivity contribution in [3.63, 3.8) is 0 Å². The molecule has 72 valence electrons. The summed E-state index contributed by atoms with van der Waals surface area (Å²) in [6, 6.07) is 0. The first-order valence-corrected chi connectivity index (χ1v) is 4.63. The minimum atomic E-state index is 0.0128. The molecule has 1 nitrogen and oxygen atoms in total. The summed E-state index contributed by atoms with van der Waals surface area (Å²) < 4.78 is 0. The van der Waals surface area contributed by atoms with Gasteiger partial charge in [-0.25, -0.2) is 0 Å². The Morgan fingerprint density at radius 2 is 1.83 bits per heavy atom. The Kier molecular flexibility index (Phi) is 3.98. The number of aliphatic hydroxyl groups is 1. The predicted molar refractivity (Wildman–Crippen MR) is 54.1 cm³/mol. The van der Waals surface area contributed by atoms with Crippen LogP contribution in [-0.4, -0.2) is 11.7 Å². The lowest BCUT2D eigenvalue weighted by molar-refractivity contribution is 0.112. The van der Waals surface area contributed by atoms with Gasteiger partial charge in [-0.3, -0.25) is 0 Å². The molecule has 0 fully saturated rings. The van der Waals surface area contributed by atoms with Gasteiger partial charge in [0, 0.05) is 6.61 Å². The maximum absolute atomic E-state index is 9.11. The van der Waals surface area contributed by atoms with Crippen molar-refractivity contribution in [3.8, 4) is 0 Å². The smallest absolute Gasteiger partial charge is 0.0482 e. The molecule has 0 aliphatic rings. The van der Waals surface area contributed by atoms with Gasteiger partial charge < -0.3 is 5.11 Å². The van der Waals surface area contributed by atoms with E-state index in [-0.39, 0.29) is 17.4 Å². The maximum atomic E-state index is 9.11. The molecule has 0 rings (SSSR count). The van der Waals surface area contributed by atoms with Gasteiger partial charge in [-0.2, -0.15) is 0 Å². The molecule has 0 radical (unpaired) electrons. The van der Waals surface area contributed by atoms with Crippen LogP contribution in [0.25, 0.3) is 0 Å². The highest BCUT2D eigenvalue weighted by Gasteiger charge is 2.27. The summed E-state index contributed by atoms with van der Waals surface area (Å²) in [7, 11) is 0. The molecule has 0 aliphatic heterocycles. The van der Waals surface area contributed by atoms with E-state index in [0.717, 1.165) is 12.8 Å². The van der Waals surface area contributed by atoms with Crippen molar-refractivity contribution in [1.82, 2.24) is 0 Å². The molecule has 1 heteroatoms. The molecule has 0 spiro atoms. The van der Waals surface area contributed by atoms with E-state index in [4.69, 9.17) is 5.11 Å². The molecule has 0 saturated carbocycles. The van der Waals surface area contributed by atoms with Crippen molar-refractivity contribution in [2.75, 3.05) is 6.61 Å². The molecule has 1 N–H and O–H groups in total. The Bertz CT molecular complexity index is 149. The lowest BCUT2D eigenvalue weighted by atomic mass is 9.73. The van der Waals surface area contributed by atoms with Gasteiger partial charge in [-0.15, -0.1) is 6.58 Å². The van der Waals surface area contributed by atoms with Crippen LogP contribution in [0.5, 0.6) is 0 Å². The molecule has 12 heavy (non-hydrogen) atoms. The largest absolute Gasteiger partial charge is 0.396 e. The summed E-state index contributed by atoms with van der Waals surface area (Å²) >= 11 is 0. The van der Waals surface area contributed by atoms with Crippen LogP contribution in [0, 0.1) is 10.8 Å². The first-order chi connectivity index (χ1) is 5.39. The second-order valence-electron chi connectivity index (χ2n) is 4.71. The van der Waals surface area contributed by atoms with Crippen LogP contribution in [0.4, 0.5) is 0 Å². The van der Waals surface area contributed by atoms with E-state index in [1.54, 1.807) is 0 Å². The van der Waals surface area contributed by atoms with Gasteiger partial charge in [-0.1, -0.05) is 33.8 Å². The van der Waals surface area contributed by atoms with Crippen LogP contribution in [0.2, 0.25) is 0 Å². The quantitative estimate of drug-likeness (QED) is 0.629. The molecule has 0 aromatic heterocycles. The van der Waals surface area contributed by atoms with E-state index in [0.29, 0.717) is 0 Å². The minimum absolute atomic E-state index is 0.0128. The monoisotopic (exact) mass is 170 g/mol. The van der Waals surface area contributed by atoms with E-state index in [9.17, 15) is 0 Å². The predicted octanol–water partition coefficient (Wildman–Crippen LogP) is 3.00. The summed E-state index contributed by atoms with van der Waals surface area (Å²) in [5, 5.41) is 9.11. The number of aliphatic hydroxyl groups excluding tert-OH is 1. The number of hydrogen-bond acceptors (Lipinski definition) is 1. The van der Waals surface area contributed by atoms with Crippen LogP contribution in [0.3, 0.4) is 0 Å². The summed E-state index contributed by atoms with van der Waals surface area (Å²) in [5.41, 5.74) is 0.186. The molecule has 0 aromatic carbocycles. The van der Waals surface area contributed by atoms with Crippen molar-refractivity contribution in [3.05, 3.63) is 12.7 Å². The average Bonchev–Trinajstić information content (AvgIpc) is 2.04. The van der Waals surface area contributed by atoms with Gasteiger partial charge >= 0.3 is 0 Å². The second-order valence-corrected chi connectivity index (χ2v) is 4.71. The SMILES string of the molecule is C=CC(C)(CC)CC(C)(C)CO. The Labute approximate surface area is 76.5 Å². The van der Waals surface area contributed by atoms with Gasteiger partial charge in [0.25, 0.3) is 0 Å². The lowest BCUT2D eigenvalue weighted by Gasteiger charge is -2.33. The molecule has 0 aromatic rings. The van der Waals surface area contributed by atoms with Crippen molar-refractivity contribution >= 4 is 0 Å².